The largest absolute Gasteiger partial charge is 0.329 e. The smallest absolute Gasteiger partial charge is 0.214 e. The molecule has 96 valence electrons. The predicted molar refractivity (Wildman–Crippen MR) is 62.2 cm³/mol. The van der Waals surface area contributed by atoms with Gasteiger partial charge in [0.05, 0.1) is 16.8 Å². The molecule has 0 amide bonds. The average Bonchev–Trinajstić information content (AvgIpc) is 2.16. The first kappa shape index (κ1) is 13.9. The molecular weight excluding hydrogens is 252 g/mol. The molecule has 0 bridgehead atoms. The number of sulfone groups is 1. The van der Waals surface area contributed by atoms with Crippen LogP contribution < -0.4 is 10.5 Å². The summed E-state index contributed by atoms with van der Waals surface area (Å²) in [6, 6.07) is -0.316. The van der Waals surface area contributed by atoms with Crippen molar-refractivity contribution in [1.29, 1.82) is 0 Å². The highest BCUT2D eigenvalue weighted by Gasteiger charge is 2.33. The lowest BCUT2D eigenvalue weighted by atomic mass is 10.2. The van der Waals surface area contributed by atoms with Gasteiger partial charge in [-0.15, -0.1) is 0 Å². The van der Waals surface area contributed by atoms with Crippen LogP contribution >= 0.6 is 0 Å². The maximum absolute atomic E-state index is 11.8. The first-order valence-electron chi connectivity index (χ1n) is 5.18. The molecule has 0 spiro atoms. The molecule has 3 N–H and O–H groups in total. The fraction of sp³-hybridized carbons (Fsp3) is 1.00. The predicted octanol–water partition coefficient (Wildman–Crippen LogP) is -1.17. The van der Waals surface area contributed by atoms with Gasteiger partial charge in [-0.1, -0.05) is 0 Å². The Morgan fingerprint density at radius 1 is 1.38 bits per heavy atom. The molecule has 16 heavy (non-hydrogen) atoms. The summed E-state index contributed by atoms with van der Waals surface area (Å²) in [4.78, 5) is 0. The summed E-state index contributed by atoms with van der Waals surface area (Å²) in [5, 5.41) is -0.606. The molecule has 0 radical (unpaired) electrons. The summed E-state index contributed by atoms with van der Waals surface area (Å²) >= 11 is 0. The van der Waals surface area contributed by atoms with Crippen LogP contribution in [0.25, 0.3) is 0 Å². The fourth-order valence-electron chi connectivity index (χ4n) is 1.60. The molecule has 1 atom stereocenters. The van der Waals surface area contributed by atoms with Crippen molar-refractivity contribution in [2.75, 3.05) is 18.1 Å². The van der Waals surface area contributed by atoms with Crippen molar-refractivity contribution in [2.24, 2.45) is 5.73 Å². The molecule has 0 aromatic rings. The quantitative estimate of drug-likeness (QED) is 0.669. The lowest BCUT2D eigenvalue weighted by molar-refractivity contribution is 0.530. The summed E-state index contributed by atoms with van der Waals surface area (Å²) in [5.41, 5.74) is 5.33. The highest BCUT2D eigenvalue weighted by molar-refractivity contribution is 7.92. The van der Waals surface area contributed by atoms with Crippen LogP contribution in [0.4, 0.5) is 0 Å². The van der Waals surface area contributed by atoms with Crippen LogP contribution in [0.2, 0.25) is 0 Å². The first-order chi connectivity index (χ1) is 7.27. The van der Waals surface area contributed by atoms with E-state index in [9.17, 15) is 16.8 Å². The van der Waals surface area contributed by atoms with E-state index in [1.54, 1.807) is 6.92 Å². The van der Waals surface area contributed by atoms with Crippen molar-refractivity contribution in [2.45, 2.75) is 31.1 Å². The molecule has 0 aromatic heterocycles. The van der Waals surface area contributed by atoms with Crippen molar-refractivity contribution in [3.63, 3.8) is 0 Å². The third-order valence-electron chi connectivity index (χ3n) is 2.66. The second kappa shape index (κ2) is 4.99. The minimum atomic E-state index is -3.44. The molecule has 1 rings (SSSR count). The molecule has 8 heteroatoms. The number of sulfonamides is 1. The van der Waals surface area contributed by atoms with Crippen LogP contribution in [0.1, 0.15) is 19.8 Å². The van der Waals surface area contributed by atoms with Crippen LogP contribution in [0.15, 0.2) is 0 Å². The normalized spacial score (nSPS) is 24.1. The molecule has 1 saturated heterocycles. The third kappa shape index (κ3) is 3.69. The van der Waals surface area contributed by atoms with E-state index in [-0.39, 0.29) is 36.9 Å². The van der Waals surface area contributed by atoms with E-state index in [0.717, 1.165) is 0 Å². The molecule has 0 saturated carbocycles. The first-order valence-corrected chi connectivity index (χ1v) is 8.55. The summed E-state index contributed by atoms with van der Waals surface area (Å²) in [6.45, 7) is 1.90. The molecule has 1 aliphatic heterocycles. The van der Waals surface area contributed by atoms with Gasteiger partial charge in [0.15, 0.2) is 0 Å². The van der Waals surface area contributed by atoms with Crippen molar-refractivity contribution in [3.8, 4) is 0 Å². The van der Waals surface area contributed by atoms with E-state index < -0.39 is 25.1 Å². The Morgan fingerprint density at radius 2 is 1.88 bits per heavy atom. The highest BCUT2D eigenvalue weighted by atomic mass is 32.2. The van der Waals surface area contributed by atoms with Gasteiger partial charge in [-0.25, -0.2) is 21.6 Å². The molecule has 0 aromatic carbocycles. The number of nitrogens with two attached hydrogens (primary N) is 1. The van der Waals surface area contributed by atoms with Gasteiger partial charge in [0.1, 0.15) is 9.84 Å². The van der Waals surface area contributed by atoms with Gasteiger partial charge in [0, 0.05) is 12.6 Å². The second-order valence-electron chi connectivity index (χ2n) is 4.15. The lowest BCUT2D eigenvalue weighted by Crippen LogP contribution is -2.45. The van der Waals surface area contributed by atoms with Gasteiger partial charge in [-0.2, -0.15) is 0 Å². The van der Waals surface area contributed by atoms with Crippen LogP contribution in [0, 0.1) is 0 Å². The minimum Gasteiger partial charge on any atom is -0.329 e. The topological polar surface area (TPSA) is 106 Å². The van der Waals surface area contributed by atoms with Crippen molar-refractivity contribution in [1.82, 2.24) is 4.72 Å². The number of rotatable bonds is 4. The molecular formula is C8H18N2O4S2. The summed E-state index contributed by atoms with van der Waals surface area (Å²) in [6.07, 6.45) is 0.351. The van der Waals surface area contributed by atoms with Gasteiger partial charge in [0.25, 0.3) is 0 Å². The van der Waals surface area contributed by atoms with Gasteiger partial charge >= 0.3 is 0 Å². The zero-order valence-electron chi connectivity index (χ0n) is 9.22. The summed E-state index contributed by atoms with van der Waals surface area (Å²) in [5.74, 6) is -0.0921. The zero-order valence-corrected chi connectivity index (χ0v) is 10.9. The van der Waals surface area contributed by atoms with Gasteiger partial charge in [-0.3, -0.25) is 0 Å². The molecule has 1 unspecified atom stereocenters. The van der Waals surface area contributed by atoms with E-state index in [0.29, 0.717) is 0 Å². The van der Waals surface area contributed by atoms with Crippen LogP contribution in [0.3, 0.4) is 0 Å². The zero-order chi connectivity index (χ0) is 12.4. The number of hydrogen-bond donors (Lipinski definition) is 2. The standard InChI is InChI=1S/C8H18N2O4S2/c1-7(6-9)10-16(13,14)8-2-4-15(11,12)5-3-8/h7-8,10H,2-6,9H2,1H3. The summed E-state index contributed by atoms with van der Waals surface area (Å²) < 4.78 is 48.4. The van der Waals surface area contributed by atoms with Crippen molar-refractivity contribution < 1.29 is 16.8 Å². The van der Waals surface area contributed by atoms with Gasteiger partial charge in [-0.05, 0) is 19.8 Å². The van der Waals surface area contributed by atoms with E-state index >= 15 is 0 Å². The van der Waals surface area contributed by atoms with Crippen LogP contribution in [0.5, 0.6) is 0 Å². The molecule has 0 aliphatic carbocycles. The Morgan fingerprint density at radius 3 is 2.31 bits per heavy atom. The van der Waals surface area contributed by atoms with Crippen LogP contribution in [-0.2, 0) is 19.9 Å². The van der Waals surface area contributed by atoms with Gasteiger partial charge in [0.2, 0.25) is 10.0 Å². The SMILES string of the molecule is CC(CN)NS(=O)(=O)C1CCS(=O)(=O)CC1. The molecule has 1 aliphatic rings. The third-order valence-corrected chi connectivity index (χ3v) is 6.45. The number of nitrogens with one attached hydrogen (secondary N) is 1. The molecule has 1 fully saturated rings. The monoisotopic (exact) mass is 270 g/mol. The van der Waals surface area contributed by atoms with Crippen LogP contribution in [-0.4, -0.2) is 46.2 Å². The van der Waals surface area contributed by atoms with E-state index in [2.05, 4.69) is 4.72 Å². The van der Waals surface area contributed by atoms with E-state index in [4.69, 9.17) is 5.73 Å². The van der Waals surface area contributed by atoms with Crippen molar-refractivity contribution >= 4 is 19.9 Å². The summed E-state index contributed by atoms with van der Waals surface area (Å²) in [7, 11) is -6.47. The van der Waals surface area contributed by atoms with E-state index in [1.165, 1.54) is 0 Å². The van der Waals surface area contributed by atoms with Crippen molar-refractivity contribution in [3.05, 3.63) is 0 Å². The Bertz CT molecular complexity index is 415. The van der Waals surface area contributed by atoms with E-state index in [1.807, 2.05) is 0 Å². The Labute approximate surface area is 96.6 Å². The Balaban J connectivity index is 2.65. The minimum absolute atomic E-state index is 0.0460. The maximum atomic E-state index is 11.8. The maximum Gasteiger partial charge on any atom is 0.214 e. The fourth-order valence-corrected chi connectivity index (χ4v) is 5.10. The number of hydrogen-bond acceptors (Lipinski definition) is 5. The Kier molecular flexibility index (Phi) is 4.33. The molecule has 1 heterocycles. The lowest BCUT2D eigenvalue weighted by Gasteiger charge is -2.23. The molecule has 6 nitrogen and oxygen atoms in total. The van der Waals surface area contributed by atoms with Gasteiger partial charge < -0.3 is 5.73 Å². The average molecular weight is 270 g/mol. The highest BCUT2D eigenvalue weighted by Crippen LogP contribution is 2.18. The second-order valence-corrected chi connectivity index (χ2v) is 8.45. The Hall–Kier alpha value is -0.180.